The number of rotatable bonds is 6. The van der Waals surface area contributed by atoms with E-state index in [1.54, 1.807) is 7.11 Å². The second-order valence-corrected chi connectivity index (χ2v) is 7.63. The van der Waals surface area contributed by atoms with Crippen LogP contribution < -0.4 is 5.73 Å². The summed E-state index contributed by atoms with van der Waals surface area (Å²) in [6, 6.07) is 6.67. The molecule has 5 heteroatoms. The fourth-order valence-corrected chi connectivity index (χ4v) is 3.60. The van der Waals surface area contributed by atoms with Gasteiger partial charge in [-0.2, -0.15) is 0 Å². The van der Waals surface area contributed by atoms with Crippen LogP contribution in [0.4, 0.5) is 0 Å². The Hall–Kier alpha value is -2.24. The van der Waals surface area contributed by atoms with Crippen molar-refractivity contribution in [1.29, 1.82) is 0 Å². The maximum Gasteiger partial charge on any atom is 0.0917 e. The number of nitrogens with two attached hydrogens (primary N) is 1. The Bertz CT molecular complexity index is 959. The van der Waals surface area contributed by atoms with Crippen molar-refractivity contribution in [2.75, 3.05) is 13.7 Å². The van der Waals surface area contributed by atoms with Crippen molar-refractivity contribution in [1.82, 2.24) is 14.5 Å². The van der Waals surface area contributed by atoms with E-state index in [-0.39, 0.29) is 6.04 Å². The lowest BCUT2D eigenvalue weighted by molar-refractivity contribution is 0.164. The summed E-state index contributed by atoms with van der Waals surface area (Å²) in [4.78, 5) is 9.82. The predicted molar refractivity (Wildman–Crippen MR) is 111 cm³/mol. The van der Waals surface area contributed by atoms with E-state index in [1.165, 1.54) is 0 Å². The molecule has 3 aromatic rings. The van der Waals surface area contributed by atoms with Gasteiger partial charge in [-0.1, -0.05) is 13.8 Å². The van der Waals surface area contributed by atoms with E-state index in [1.807, 2.05) is 0 Å². The highest BCUT2D eigenvalue weighted by Crippen LogP contribution is 2.31. The number of aromatic nitrogens is 3. The van der Waals surface area contributed by atoms with Crippen molar-refractivity contribution >= 4 is 11.0 Å². The quantitative estimate of drug-likeness (QED) is 0.697. The Balaban J connectivity index is 2.17. The highest BCUT2D eigenvalue weighted by Gasteiger charge is 2.17. The van der Waals surface area contributed by atoms with Gasteiger partial charge in [0.15, 0.2) is 0 Å². The van der Waals surface area contributed by atoms with Crippen LogP contribution in [0.2, 0.25) is 0 Å². The first-order valence-electron chi connectivity index (χ1n) is 9.55. The molecule has 0 saturated heterocycles. The van der Waals surface area contributed by atoms with Gasteiger partial charge in [0.2, 0.25) is 0 Å². The van der Waals surface area contributed by atoms with Gasteiger partial charge in [0.25, 0.3) is 0 Å². The zero-order chi connectivity index (χ0) is 19.7. The van der Waals surface area contributed by atoms with Gasteiger partial charge in [0.05, 0.1) is 35.1 Å². The molecule has 2 N–H and O–H groups in total. The van der Waals surface area contributed by atoms with E-state index in [0.717, 1.165) is 44.8 Å². The summed E-state index contributed by atoms with van der Waals surface area (Å²) in [5.41, 5.74) is 14.4. The molecule has 3 aromatic heterocycles. The molecule has 0 saturated carbocycles. The van der Waals surface area contributed by atoms with E-state index < -0.39 is 0 Å². The van der Waals surface area contributed by atoms with Gasteiger partial charge in [-0.25, -0.2) is 4.98 Å². The smallest absolute Gasteiger partial charge is 0.0917 e. The van der Waals surface area contributed by atoms with Crippen molar-refractivity contribution in [3.8, 4) is 11.3 Å². The first kappa shape index (κ1) is 19.5. The average molecular weight is 367 g/mol. The number of aryl methyl sites for hydroxylation is 2. The monoisotopic (exact) mass is 366 g/mol. The lowest BCUT2D eigenvalue weighted by Gasteiger charge is -2.16. The second kappa shape index (κ2) is 7.79. The van der Waals surface area contributed by atoms with Crippen molar-refractivity contribution in [3.63, 3.8) is 0 Å². The standard InChI is InChI=1S/C22H30N4O/c1-13(2)18-8-7-17(19(10-23)24-18)21-14(3)9-20-22(25-21)15(4)11-26(20)16(5)12-27-6/h7-9,11,13,16H,10,12,23H2,1-6H3. The van der Waals surface area contributed by atoms with Crippen LogP contribution in [0, 0.1) is 13.8 Å². The molecule has 5 nitrogen and oxygen atoms in total. The number of fused-ring (bicyclic) bond motifs is 1. The van der Waals surface area contributed by atoms with Crippen molar-refractivity contribution in [2.24, 2.45) is 5.73 Å². The molecule has 0 radical (unpaired) electrons. The molecule has 144 valence electrons. The van der Waals surface area contributed by atoms with E-state index in [2.05, 4.69) is 63.6 Å². The number of nitrogens with zero attached hydrogens (tertiary/aromatic N) is 3. The minimum Gasteiger partial charge on any atom is -0.383 e. The largest absolute Gasteiger partial charge is 0.383 e. The highest BCUT2D eigenvalue weighted by molar-refractivity contribution is 5.84. The van der Waals surface area contributed by atoms with Gasteiger partial charge in [-0.3, -0.25) is 4.98 Å². The Labute approximate surface area is 161 Å². The Morgan fingerprint density at radius 2 is 1.85 bits per heavy atom. The van der Waals surface area contributed by atoms with E-state index >= 15 is 0 Å². The van der Waals surface area contributed by atoms with Gasteiger partial charge in [-0.15, -0.1) is 0 Å². The molecule has 0 aromatic carbocycles. The highest BCUT2D eigenvalue weighted by atomic mass is 16.5. The van der Waals surface area contributed by atoms with Crippen LogP contribution in [0.15, 0.2) is 24.4 Å². The SMILES string of the molecule is COCC(C)n1cc(C)c2nc(-c3ccc(C(C)C)nc3CN)c(C)cc21. The number of hydrogen-bond donors (Lipinski definition) is 1. The summed E-state index contributed by atoms with van der Waals surface area (Å²) < 4.78 is 7.59. The van der Waals surface area contributed by atoms with Crippen molar-refractivity contribution < 1.29 is 4.74 Å². The molecule has 0 amide bonds. The Kier molecular flexibility index (Phi) is 5.63. The minimum absolute atomic E-state index is 0.254. The molecule has 27 heavy (non-hydrogen) atoms. The fraction of sp³-hybridized carbons (Fsp3) is 0.455. The third-order valence-corrected chi connectivity index (χ3v) is 5.10. The van der Waals surface area contributed by atoms with Gasteiger partial charge >= 0.3 is 0 Å². The Morgan fingerprint density at radius 1 is 1.11 bits per heavy atom. The molecular weight excluding hydrogens is 336 g/mol. The van der Waals surface area contributed by atoms with Crippen molar-refractivity contribution in [2.45, 2.75) is 53.1 Å². The zero-order valence-corrected chi connectivity index (χ0v) is 17.2. The summed E-state index contributed by atoms with van der Waals surface area (Å²) >= 11 is 0. The van der Waals surface area contributed by atoms with E-state index in [0.29, 0.717) is 19.1 Å². The molecule has 3 heterocycles. The maximum absolute atomic E-state index is 6.02. The van der Waals surface area contributed by atoms with Crippen LogP contribution in [0.1, 0.15) is 55.2 Å². The maximum atomic E-state index is 6.02. The lowest BCUT2D eigenvalue weighted by atomic mass is 10.0. The minimum atomic E-state index is 0.254. The topological polar surface area (TPSA) is 66.0 Å². The fourth-order valence-electron chi connectivity index (χ4n) is 3.60. The van der Waals surface area contributed by atoms with E-state index in [9.17, 15) is 0 Å². The molecule has 0 bridgehead atoms. The first-order chi connectivity index (χ1) is 12.9. The summed E-state index contributed by atoms with van der Waals surface area (Å²) in [6.45, 7) is 11.7. The van der Waals surface area contributed by atoms with Gasteiger partial charge < -0.3 is 15.0 Å². The molecular formula is C22H30N4O. The molecule has 0 spiro atoms. The van der Waals surface area contributed by atoms with Crippen LogP contribution in [0.5, 0.6) is 0 Å². The third kappa shape index (κ3) is 3.62. The summed E-state index contributed by atoms with van der Waals surface area (Å²) in [7, 11) is 1.73. The molecule has 0 aliphatic carbocycles. The predicted octanol–water partition coefficient (Wildman–Crippen LogP) is 4.50. The van der Waals surface area contributed by atoms with Crippen LogP contribution in [0.25, 0.3) is 22.3 Å². The average Bonchev–Trinajstić information content (AvgIpc) is 2.96. The summed E-state index contributed by atoms with van der Waals surface area (Å²) in [5.74, 6) is 0.374. The lowest BCUT2D eigenvalue weighted by Crippen LogP contribution is -2.10. The van der Waals surface area contributed by atoms with Crippen LogP contribution >= 0.6 is 0 Å². The molecule has 0 fully saturated rings. The Morgan fingerprint density at radius 3 is 2.48 bits per heavy atom. The van der Waals surface area contributed by atoms with Crippen LogP contribution in [-0.2, 0) is 11.3 Å². The zero-order valence-electron chi connectivity index (χ0n) is 17.2. The molecule has 1 atom stereocenters. The molecule has 3 rings (SSSR count). The molecule has 0 aliphatic heterocycles. The van der Waals surface area contributed by atoms with Crippen molar-refractivity contribution in [3.05, 3.63) is 46.9 Å². The molecule has 1 unspecified atom stereocenters. The number of ether oxygens (including phenoxy) is 1. The van der Waals surface area contributed by atoms with Gasteiger partial charge in [0, 0.05) is 31.1 Å². The first-order valence-corrected chi connectivity index (χ1v) is 9.55. The normalized spacial score (nSPS) is 12.9. The van der Waals surface area contributed by atoms with Gasteiger partial charge in [-0.05, 0) is 56.0 Å². The number of hydrogen-bond acceptors (Lipinski definition) is 4. The van der Waals surface area contributed by atoms with Gasteiger partial charge in [0.1, 0.15) is 0 Å². The second-order valence-electron chi connectivity index (χ2n) is 7.63. The van der Waals surface area contributed by atoms with Crippen LogP contribution in [-0.4, -0.2) is 28.3 Å². The molecule has 0 aliphatic rings. The van der Waals surface area contributed by atoms with E-state index in [4.69, 9.17) is 20.4 Å². The van der Waals surface area contributed by atoms with Crippen LogP contribution in [0.3, 0.4) is 0 Å². The summed E-state index contributed by atoms with van der Waals surface area (Å²) in [6.07, 6.45) is 2.16. The third-order valence-electron chi connectivity index (χ3n) is 5.10. The number of methoxy groups -OCH3 is 1. The summed E-state index contributed by atoms with van der Waals surface area (Å²) in [5, 5.41) is 0. The number of pyridine rings is 2.